The molecule has 0 aliphatic carbocycles. The Morgan fingerprint density at radius 2 is 1.87 bits per heavy atom. The first-order valence-electron chi connectivity index (χ1n) is 7.92. The lowest BCUT2D eigenvalue weighted by atomic mass is 10.2. The number of hydrogen-bond donors (Lipinski definition) is 2. The molecule has 1 heterocycles. The van der Waals surface area contributed by atoms with Gasteiger partial charge in [0.2, 0.25) is 11.8 Å². The lowest BCUT2D eigenvalue weighted by molar-refractivity contribution is -0.120. The van der Waals surface area contributed by atoms with Crippen LogP contribution in [0.4, 0.5) is 5.69 Å². The Labute approximate surface area is 136 Å². The van der Waals surface area contributed by atoms with Gasteiger partial charge in [-0.1, -0.05) is 13.8 Å². The normalized spacial score (nSPS) is 14.2. The smallest absolute Gasteiger partial charge is 0.251 e. The highest BCUT2D eigenvalue weighted by atomic mass is 16.2. The van der Waals surface area contributed by atoms with Crippen molar-refractivity contribution in [1.82, 2.24) is 10.6 Å². The minimum atomic E-state index is -0.302. The third-order valence-corrected chi connectivity index (χ3v) is 3.63. The van der Waals surface area contributed by atoms with Crippen molar-refractivity contribution in [3.63, 3.8) is 0 Å². The van der Waals surface area contributed by atoms with Crippen LogP contribution in [0.1, 0.15) is 37.0 Å². The predicted molar refractivity (Wildman–Crippen MR) is 88.2 cm³/mol. The molecule has 1 aromatic carbocycles. The first kappa shape index (κ1) is 17.0. The number of rotatable bonds is 6. The molecular weight excluding hydrogens is 294 g/mol. The number of carbonyl (C=O) groups is 3. The van der Waals surface area contributed by atoms with E-state index in [1.807, 2.05) is 13.8 Å². The number of amides is 3. The van der Waals surface area contributed by atoms with E-state index in [1.54, 1.807) is 29.2 Å². The van der Waals surface area contributed by atoms with Crippen molar-refractivity contribution >= 4 is 23.4 Å². The monoisotopic (exact) mass is 317 g/mol. The van der Waals surface area contributed by atoms with Crippen LogP contribution in [0.2, 0.25) is 0 Å². The molecule has 6 nitrogen and oxygen atoms in total. The van der Waals surface area contributed by atoms with Crippen LogP contribution in [0.5, 0.6) is 0 Å². The van der Waals surface area contributed by atoms with Gasteiger partial charge in [0.1, 0.15) is 0 Å². The molecule has 1 aromatic rings. The molecule has 0 atom stereocenters. The Kier molecular flexibility index (Phi) is 5.73. The highest BCUT2D eigenvalue weighted by Crippen LogP contribution is 2.21. The Balaban J connectivity index is 1.85. The maximum absolute atomic E-state index is 12.0. The zero-order valence-corrected chi connectivity index (χ0v) is 13.6. The molecule has 1 aliphatic rings. The van der Waals surface area contributed by atoms with Crippen molar-refractivity contribution in [2.75, 3.05) is 24.5 Å². The fourth-order valence-electron chi connectivity index (χ4n) is 2.36. The minimum Gasteiger partial charge on any atom is -0.354 e. The Bertz CT molecular complexity index is 581. The fraction of sp³-hybridized carbons (Fsp3) is 0.471. The van der Waals surface area contributed by atoms with Crippen molar-refractivity contribution < 1.29 is 14.4 Å². The van der Waals surface area contributed by atoms with Crippen molar-refractivity contribution in [3.8, 4) is 0 Å². The number of nitrogens with zero attached hydrogens (tertiary/aromatic N) is 1. The Morgan fingerprint density at radius 1 is 1.17 bits per heavy atom. The molecule has 0 spiro atoms. The van der Waals surface area contributed by atoms with Crippen molar-refractivity contribution in [2.45, 2.75) is 26.7 Å². The van der Waals surface area contributed by atoms with E-state index >= 15 is 0 Å². The quantitative estimate of drug-likeness (QED) is 0.830. The van der Waals surface area contributed by atoms with Gasteiger partial charge >= 0.3 is 0 Å². The van der Waals surface area contributed by atoms with E-state index in [9.17, 15) is 14.4 Å². The van der Waals surface area contributed by atoms with Crippen LogP contribution < -0.4 is 15.5 Å². The molecule has 1 saturated heterocycles. The van der Waals surface area contributed by atoms with Gasteiger partial charge in [-0.3, -0.25) is 14.4 Å². The number of carbonyl (C=O) groups excluding carboxylic acids is 3. The van der Waals surface area contributed by atoms with Crippen LogP contribution in [-0.2, 0) is 9.59 Å². The van der Waals surface area contributed by atoms with Crippen LogP contribution >= 0.6 is 0 Å². The van der Waals surface area contributed by atoms with Crippen LogP contribution in [0.3, 0.4) is 0 Å². The summed E-state index contributed by atoms with van der Waals surface area (Å²) in [5.41, 5.74) is 1.27. The van der Waals surface area contributed by atoms with Crippen LogP contribution in [-0.4, -0.2) is 37.4 Å². The van der Waals surface area contributed by atoms with Gasteiger partial charge in [-0.25, -0.2) is 0 Å². The van der Waals surface area contributed by atoms with Gasteiger partial charge < -0.3 is 15.5 Å². The second kappa shape index (κ2) is 7.76. The van der Waals surface area contributed by atoms with Gasteiger partial charge in [-0.05, 0) is 36.6 Å². The van der Waals surface area contributed by atoms with E-state index in [2.05, 4.69) is 10.6 Å². The molecule has 6 heteroatoms. The number of benzene rings is 1. The Morgan fingerprint density at radius 3 is 2.43 bits per heavy atom. The summed E-state index contributed by atoms with van der Waals surface area (Å²) in [6.45, 7) is 5.28. The molecule has 0 radical (unpaired) electrons. The van der Waals surface area contributed by atoms with Crippen molar-refractivity contribution in [1.29, 1.82) is 0 Å². The van der Waals surface area contributed by atoms with E-state index in [0.29, 0.717) is 24.4 Å². The maximum atomic E-state index is 12.0. The average Bonchev–Trinajstić information content (AvgIpc) is 2.96. The van der Waals surface area contributed by atoms with E-state index < -0.39 is 0 Å². The zero-order valence-electron chi connectivity index (χ0n) is 13.6. The summed E-state index contributed by atoms with van der Waals surface area (Å²) in [4.78, 5) is 37.0. The molecule has 0 bridgehead atoms. The summed E-state index contributed by atoms with van der Waals surface area (Å²) in [6, 6.07) is 6.86. The van der Waals surface area contributed by atoms with Gasteiger partial charge in [0, 0.05) is 30.8 Å². The molecule has 0 saturated carbocycles. The first-order chi connectivity index (χ1) is 11.0. The van der Waals surface area contributed by atoms with E-state index in [0.717, 1.165) is 18.7 Å². The minimum absolute atomic E-state index is 0.0437. The highest BCUT2D eigenvalue weighted by molar-refractivity contribution is 5.98. The molecule has 2 N–H and O–H groups in total. The van der Waals surface area contributed by atoms with Crippen LogP contribution in [0.25, 0.3) is 0 Å². The molecule has 2 rings (SSSR count). The summed E-state index contributed by atoms with van der Waals surface area (Å²) in [6.07, 6.45) is 1.44. The third kappa shape index (κ3) is 4.81. The SMILES string of the molecule is CC(C)CNC(=O)CNC(=O)c1ccc(N2CCCC2=O)cc1. The maximum Gasteiger partial charge on any atom is 0.251 e. The van der Waals surface area contributed by atoms with Gasteiger partial charge in [-0.15, -0.1) is 0 Å². The van der Waals surface area contributed by atoms with Crippen LogP contribution in [0.15, 0.2) is 24.3 Å². The van der Waals surface area contributed by atoms with Gasteiger partial charge in [0.25, 0.3) is 5.91 Å². The van der Waals surface area contributed by atoms with Gasteiger partial charge in [0.05, 0.1) is 6.54 Å². The zero-order chi connectivity index (χ0) is 16.8. The second-order valence-electron chi connectivity index (χ2n) is 6.08. The van der Waals surface area contributed by atoms with Gasteiger partial charge in [-0.2, -0.15) is 0 Å². The van der Waals surface area contributed by atoms with Crippen molar-refractivity contribution in [2.24, 2.45) is 5.92 Å². The van der Waals surface area contributed by atoms with E-state index in [-0.39, 0.29) is 24.3 Å². The summed E-state index contributed by atoms with van der Waals surface area (Å²) < 4.78 is 0. The molecule has 1 aliphatic heterocycles. The first-order valence-corrected chi connectivity index (χ1v) is 7.92. The molecule has 0 aromatic heterocycles. The summed E-state index contributed by atoms with van der Waals surface area (Å²) in [5.74, 6) is -0.0187. The predicted octanol–water partition coefficient (Wildman–Crippen LogP) is 1.32. The number of anilines is 1. The molecule has 23 heavy (non-hydrogen) atoms. The summed E-state index contributed by atoms with van der Waals surface area (Å²) in [5, 5.41) is 5.33. The lowest BCUT2D eigenvalue weighted by Gasteiger charge is -2.15. The Hall–Kier alpha value is -2.37. The van der Waals surface area contributed by atoms with E-state index in [1.165, 1.54) is 0 Å². The molecule has 0 unspecified atom stereocenters. The highest BCUT2D eigenvalue weighted by Gasteiger charge is 2.21. The largest absolute Gasteiger partial charge is 0.354 e. The number of nitrogens with one attached hydrogen (secondary N) is 2. The molecule has 124 valence electrons. The topological polar surface area (TPSA) is 78.5 Å². The molecule has 3 amide bonds. The molecular formula is C17H23N3O3. The van der Waals surface area contributed by atoms with Gasteiger partial charge in [0.15, 0.2) is 0 Å². The van der Waals surface area contributed by atoms with E-state index in [4.69, 9.17) is 0 Å². The third-order valence-electron chi connectivity index (χ3n) is 3.63. The summed E-state index contributed by atoms with van der Waals surface area (Å²) in [7, 11) is 0. The average molecular weight is 317 g/mol. The summed E-state index contributed by atoms with van der Waals surface area (Å²) >= 11 is 0. The van der Waals surface area contributed by atoms with Crippen molar-refractivity contribution in [3.05, 3.63) is 29.8 Å². The lowest BCUT2D eigenvalue weighted by Crippen LogP contribution is -2.38. The second-order valence-corrected chi connectivity index (χ2v) is 6.08. The number of hydrogen-bond acceptors (Lipinski definition) is 3. The fourth-order valence-corrected chi connectivity index (χ4v) is 2.36. The standard InChI is InChI=1S/C17H23N3O3/c1-12(2)10-18-15(21)11-19-17(23)13-5-7-14(8-6-13)20-9-3-4-16(20)22/h5-8,12H,3-4,9-11H2,1-2H3,(H,18,21)(H,19,23). The molecule has 1 fully saturated rings. The van der Waals surface area contributed by atoms with Crippen LogP contribution in [0, 0.1) is 5.92 Å².